The van der Waals surface area contributed by atoms with Gasteiger partial charge in [-0.1, -0.05) is 6.07 Å². The summed E-state index contributed by atoms with van der Waals surface area (Å²) < 4.78 is 5.20. The van der Waals surface area contributed by atoms with Gasteiger partial charge in [0.2, 0.25) is 0 Å². The number of aryl methyl sites for hydroxylation is 1. The molecule has 0 fully saturated rings. The second-order valence-corrected chi connectivity index (χ2v) is 2.76. The van der Waals surface area contributed by atoms with Gasteiger partial charge in [-0.15, -0.1) is 0 Å². The minimum atomic E-state index is 0.602. The van der Waals surface area contributed by atoms with Crippen molar-refractivity contribution in [3.05, 3.63) is 30.0 Å². The molecule has 3 nitrogen and oxygen atoms in total. The van der Waals surface area contributed by atoms with Crippen molar-refractivity contribution < 1.29 is 9.62 Å². The molecular formula is C9H9NO2. The van der Waals surface area contributed by atoms with Crippen LogP contribution in [-0.4, -0.2) is 5.21 Å². The zero-order valence-corrected chi connectivity index (χ0v) is 6.66. The molecule has 3 heteroatoms. The highest BCUT2D eigenvalue weighted by atomic mass is 16.5. The van der Waals surface area contributed by atoms with Crippen LogP contribution in [0.1, 0.15) is 5.56 Å². The summed E-state index contributed by atoms with van der Waals surface area (Å²) in [4.78, 5) is 0. The van der Waals surface area contributed by atoms with E-state index in [1.54, 1.807) is 0 Å². The Morgan fingerprint density at radius 2 is 2.25 bits per heavy atom. The topological polar surface area (TPSA) is 45.4 Å². The van der Waals surface area contributed by atoms with Crippen LogP contribution in [0.2, 0.25) is 0 Å². The quantitative estimate of drug-likeness (QED) is 0.635. The zero-order valence-electron chi connectivity index (χ0n) is 6.66. The van der Waals surface area contributed by atoms with Crippen LogP contribution < -0.4 is 5.48 Å². The highest BCUT2D eigenvalue weighted by molar-refractivity contribution is 5.90. The largest absolute Gasteiger partial charge is 0.462 e. The molecule has 0 saturated heterocycles. The molecule has 1 aromatic carbocycles. The maximum absolute atomic E-state index is 8.68. The van der Waals surface area contributed by atoms with E-state index in [4.69, 9.17) is 9.62 Å². The van der Waals surface area contributed by atoms with Gasteiger partial charge in [-0.2, -0.15) is 0 Å². The van der Waals surface area contributed by atoms with Gasteiger partial charge < -0.3 is 4.42 Å². The molecule has 0 aliphatic rings. The molecule has 0 spiro atoms. The summed E-state index contributed by atoms with van der Waals surface area (Å²) in [5.74, 6) is 0. The fraction of sp³-hybridized carbons (Fsp3) is 0.111. The Hall–Kier alpha value is -1.48. The van der Waals surface area contributed by atoms with Crippen LogP contribution in [0.25, 0.3) is 11.0 Å². The molecule has 0 saturated carbocycles. The molecule has 2 rings (SSSR count). The molecular weight excluding hydrogens is 154 g/mol. The summed E-state index contributed by atoms with van der Waals surface area (Å²) >= 11 is 0. The minimum absolute atomic E-state index is 0.602. The van der Waals surface area contributed by atoms with Crippen LogP contribution in [0.4, 0.5) is 5.69 Å². The fourth-order valence-electron chi connectivity index (χ4n) is 1.22. The molecule has 0 atom stereocenters. The molecule has 0 aliphatic carbocycles. The van der Waals surface area contributed by atoms with Crippen LogP contribution in [0.3, 0.4) is 0 Å². The molecule has 1 heterocycles. The summed E-state index contributed by atoms with van der Waals surface area (Å²) in [6.07, 6.45) is 1.49. The SMILES string of the molecule is Cc1ccc2c(NO)coc2c1. The zero-order chi connectivity index (χ0) is 8.55. The molecule has 0 amide bonds. The van der Waals surface area contributed by atoms with Crippen molar-refractivity contribution in [2.75, 3.05) is 5.48 Å². The van der Waals surface area contributed by atoms with Gasteiger partial charge in [0.1, 0.15) is 17.5 Å². The monoisotopic (exact) mass is 163 g/mol. The number of anilines is 1. The van der Waals surface area contributed by atoms with Crippen molar-refractivity contribution in [2.24, 2.45) is 0 Å². The van der Waals surface area contributed by atoms with E-state index in [0.29, 0.717) is 5.69 Å². The van der Waals surface area contributed by atoms with Crippen LogP contribution in [0.5, 0.6) is 0 Å². The number of rotatable bonds is 1. The van der Waals surface area contributed by atoms with Crippen LogP contribution in [-0.2, 0) is 0 Å². The van der Waals surface area contributed by atoms with Gasteiger partial charge in [-0.05, 0) is 24.6 Å². The molecule has 1 aromatic heterocycles. The summed E-state index contributed by atoms with van der Waals surface area (Å²) in [5, 5.41) is 9.58. The van der Waals surface area contributed by atoms with E-state index < -0.39 is 0 Å². The number of fused-ring (bicyclic) bond motifs is 1. The van der Waals surface area contributed by atoms with E-state index in [-0.39, 0.29) is 0 Å². The number of nitrogens with one attached hydrogen (secondary N) is 1. The van der Waals surface area contributed by atoms with E-state index in [1.165, 1.54) is 6.26 Å². The van der Waals surface area contributed by atoms with Crippen LogP contribution in [0.15, 0.2) is 28.9 Å². The lowest BCUT2D eigenvalue weighted by molar-refractivity contribution is 0.388. The summed E-state index contributed by atoms with van der Waals surface area (Å²) in [5.41, 5.74) is 4.60. The lowest BCUT2D eigenvalue weighted by Gasteiger charge is -1.93. The fourth-order valence-corrected chi connectivity index (χ4v) is 1.22. The molecule has 0 aliphatic heterocycles. The third-order valence-corrected chi connectivity index (χ3v) is 1.85. The van der Waals surface area contributed by atoms with Crippen molar-refractivity contribution in [1.29, 1.82) is 0 Å². The van der Waals surface area contributed by atoms with Gasteiger partial charge in [-0.3, -0.25) is 10.7 Å². The lowest BCUT2D eigenvalue weighted by Crippen LogP contribution is -1.85. The van der Waals surface area contributed by atoms with Gasteiger partial charge in [0.05, 0.1) is 0 Å². The number of hydrogen-bond donors (Lipinski definition) is 2. The van der Waals surface area contributed by atoms with E-state index in [1.807, 2.05) is 25.1 Å². The van der Waals surface area contributed by atoms with Gasteiger partial charge in [0.15, 0.2) is 0 Å². The first-order chi connectivity index (χ1) is 5.81. The van der Waals surface area contributed by atoms with Crippen molar-refractivity contribution in [2.45, 2.75) is 6.92 Å². The Morgan fingerprint density at radius 3 is 3.00 bits per heavy atom. The van der Waals surface area contributed by atoms with E-state index in [9.17, 15) is 0 Å². The third kappa shape index (κ3) is 0.950. The van der Waals surface area contributed by atoms with Crippen molar-refractivity contribution in [3.63, 3.8) is 0 Å². The number of benzene rings is 1. The number of hydrogen-bond acceptors (Lipinski definition) is 3. The summed E-state index contributed by atoms with van der Waals surface area (Å²) in [6, 6.07) is 5.81. The van der Waals surface area contributed by atoms with Crippen LogP contribution in [0, 0.1) is 6.92 Å². The highest BCUT2D eigenvalue weighted by Crippen LogP contribution is 2.25. The number of furan rings is 1. The third-order valence-electron chi connectivity index (χ3n) is 1.85. The Bertz CT molecular complexity index is 406. The average molecular weight is 163 g/mol. The lowest BCUT2D eigenvalue weighted by atomic mass is 10.2. The van der Waals surface area contributed by atoms with Gasteiger partial charge in [-0.25, -0.2) is 0 Å². The Balaban J connectivity index is 2.73. The first-order valence-electron chi connectivity index (χ1n) is 3.69. The standard InChI is InChI=1S/C9H9NO2/c1-6-2-3-7-8(10-11)5-12-9(7)4-6/h2-5,10-11H,1H3. The maximum atomic E-state index is 8.68. The van der Waals surface area contributed by atoms with E-state index in [0.717, 1.165) is 16.5 Å². The minimum Gasteiger partial charge on any atom is -0.462 e. The van der Waals surface area contributed by atoms with Crippen molar-refractivity contribution in [3.8, 4) is 0 Å². The highest BCUT2D eigenvalue weighted by Gasteiger charge is 2.03. The molecule has 62 valence electrons. The van der Waals surface area contributed by atoms with Crippen molar-refractivity contribution >= 4 is 16.7 Å². The summed E-state index contributed by atoms with van der Waals surface area (Å²) in [7, 11) is 0. The first-order valence-corrected chi connectivity index (χ1v) is 3.69. The van der Waals surface area contributed by atoms with Crippen molar-refractivity contribution in [1.82, 2.24) is 0 Å². The molecule has 0 unspecified atom stereocenters. The molecule has 12 heavy (non-hydrogen) atoms. The van der Waals surface area contributed by atoms with Gasteiger partial charge >= 0.3 is 0 Å². The molecule has 2 aromatic rings. The predicted octanol–water partition coefficient (Wildman–Crippen LogP) is 2.54. The first kappa shape index (κ1) is 7.18. The van der Waals surface area contributed by atoms with Gasteiger partial charge in [0.25, 0.3) is 0 Å². The average Bonchev–Trinajstić information content (AvgIpc) is 2.46. The van der Waals surface area contributed by atoms with Gasteiger partial charge in [0, 0.05) is 5.39 Å². The second kappa shape index (κ2) is 2.53. The summed E-state index contributed by atoms with van der Waals surface area (Å²) in [6.45, 7) is 1.99. The normalized spacial score (nSPS) is 10.5. The smallest absolute Gasteiger partial charge is 0.136 e. The van der Waals surface area contributed by atoms with E-state index in [2.05, 4.69) is 5.48 Å². The second-order valence-electron chi connectivity index (χ2n) is 2.76. The Morgan fingerprint density at radius 1 is 1.42 bits per heavy atom. The molecule has 0 radical (unpaired) electrons. The Kier molecular flexibility index (Phi) is 1.52. The molecule has 2 N–H and O–H groups in total. The Labute approximate surface area is 69.6 Å². The maximum Gasteiger partial charge on any atom is 0.136 e. The predicted molar refractivity (Wildman–Crippen MR) is 46.4 cm³/mol. The van der Waals surface area contributed by atoms with Crippen LogP contribution >= 0.6 is 0 Å². The van der Waals surface area contributed by atoms with E-state index >= 15 is 0 Å². The molecule has 0 bridgehead atoms.